The summed E-state index contributed by atoms with van der Waals surface area (Å²) >= 11 is 6.93. The molecule has 1 aromatic carbocycles. The fourth-order valence-corrected chi connectivity index (χ4v) is 3.37. The molecule has 2 amide bonds. The molecule has 0 aliphatic rings. The summed E-state index contributed by atoms with van der Waals surface area (Å²) < 4.78 is 4.99. The Hall–Kier alpha value is -2.38. The van der Waals surface area contributed by atoms with Crippen molar-refractivity contribution < 1.29 is 19.1 Å². The number of halogens is 1. The molecule has 0 spiro atoms. The molecule has 0 saturated heterocycles. The molecule has 0 aliphatic heterocycles. The number of ether oxygens (including phenoxy) is 1. The first-order valence-corrected chi connectivity index (χ1v) is 8.22. The number of amides is 2. The van der Waals surface area contributed by atoms with Crippen molar-refractivity contribution in [1.82, 2.24) is 0 Å². The van der Waals surface area contributed by atoms with Crippen LogP contribution in [0.5, 0.6) is 0 Å². The Morgan fingerprint density at radius 2 is 1.96 bits per heavy atom. The maximum absolute atomic E-state index is 12.4. The van der Waals surface area contributed by atoms with Crippen molar-refractivity contribution in [1.29, 1.82) is 0 Å². The standard InChI is InChI=1S/C16H15ClN2O4S/c1-3-23-16(22)11-8(2)12(13(18)20)24-15(11)19-14(21)9-6-4-5-7-10(9)17/h4-7H,3H2,1-2H3,(H2,18,20)(H,19,21). The second-order valence-electron chi connectivity index (χ2n) is 4.78. The lowest BCUT2D eigenvalue weighted by atomic mass is 10.1. The van der Waals surface area contributed by atoms with Gasteiger partial charge in [-0.15, -0.1) is 11.3 Å². The van der Waals surface area contributed by atoms with Crippen LogP contribution in [-0.4, -0.2) is 24.4 Å². The molecule has 24 heavy (non-hydrogen) atoms. The maximum atomic E-state index is 12.4. The molecule has 2 rings (SSSR count). The summed E-state index contributed by atoms with van der Waals surface area (Å²) in [6.45, 7) is 3.41. The number of carbonyl (C=O) groups excluding carboxylic acids is 3. The normalized spacial score (nSPS) is 10.3. The van der Waals surface area contributed by atoms with Gasteiger partial charge >= 0.3 is 5.97 Å². The Bertz CT molecular complexity index is 816. The van der Waals surface area contributed by atoms with Crippen LogP contribution in [0.15, 0.2) is 24.3 Å². The molecule has 0 aliphatic carbocycles. The number of nitrogens with two attached hydrogens (primary N) is 1. The van der Waals surface area contributed by atoms with Crippen LogP contribution in [-0.2, 0) is 4.74 Å². The van der Waals surface area contributed by atoms with Gasteiger partial charge in [0.15, 0.2) is 0 Å². The van der Waals surface area contributed by atoms with Crippen LogP contribution in [0.25, 0.3) is 0 Å². The average molecular weight is 367 g/mol. The SMILES string of the molecule is CCOC(=O)c1c(NC(=O)c2ccccc2Cl)sc(C(N)=O)c1C. The zero-order valence-electron chi connectivity index (χ0n) is 13.0. The van der Waals surface area contributed by atoms with Gasteiger partial charge in [0.25, 0.3) is 11.8 Å². The predicted octanol–water partition coefficient (Wildman–Crippen LogP) is 3.24. The monoisotopic (exact) mass is 366 g/mol. The largest absolute Gasteiger partial charge is 0.462 e. The molecule has 0 unspecified atom stereocenters. The zero-order chi connectivity index (χ0) is 17.9. The van der Waals surface area contributed by atoms with Gasteiger partial charge in [-0.25, -0.2) is 4.79 Å². The van der Waals surface area contributed by atoms with Crippen molar-refractivity contribution in [2.75, 3.05) is 11.9 Å². The van der Waals surface area contributed by atoms with E-state index in [1.54, 1.807) is 38.1 Å². The molecule has 1 heterocycles. The van der Waals surface area contributed by atoms with Crippen LogP contribution in [0.1, 0.15) is 42.9 Å². The summed E-state index contributed by atoms with van der Waals surface area (Å²) in [7, 11) is 0. The molecule has 0 saturated carbocycles. The Balaban J connectivity index is 2.44. The highest BCUT2D eigenvalue weighted by atomic mass is 35.5. The number of anilines is 1. The molecule has 8 heteroatoms. The van der Waals surface area contributed by atoms with Crippen LogP contribution in [0.2, 0.25) is 5.02 Å². The van der Waals surface area contributed by atoms with Crippen molar-refractivity contribution in [2.24, 2.45) is 5.73 Å². The van der Waals surface area contributed by atoms with Gasteiger partial charge in [0.1, 0.15) is 5.00 Å². The molecule has 2 aromatic rings. The smallest absolute Gasteiger partial charge is 0.341 e. The first-order valence-electron chi connectivity index (χ1n) is 7.03. The molecule has 0 radical (unpaired) electrons. The third kappa shape index (κ3) is 3.58. The second kappa shape index (κ2) is 7.46. The van der Waals surface area contributed by atoms with Crippen LogP contribution >= 0.6 is 22.9 Å². The Labute approximate surface area is 147 Å². The van der Waals surface area contributed by atoms with E-state index in [2.05, 4.69) is 5.32 Å². The average Bonchev–Trinajstić information content (AvgIpc) is 2.84. The van der Waals surface area contributed by atoms with E-state index >= 15 is 0 Å². The van der Waals surface area contributed by atoms with Crippen molar-refractivity contribution in [3.05, 3.63) is 50.9 Å². The number of nitrogens with one attached hydrogen (secondary N) is 1. The molecule has 0 fully saturated rings. The van der Waals surface area contributed by atoms with Gasteiger partial charge in [-0.2, -0.15) is 0 Å². The zero-order valence-corrected chi connectivity index (χ0v) is 14.6. The molecule has 6 nitrogen and oxygen atoms in total. The third-order valence-corrected chi connectivity index (χ3v) is 4.75. The van der Waals surface area contributed by atoms with Crippen molar-refractivity contribution >= 4 is 45.7 Å². The topological polar surface area (TPSA) is 98.5 Å². The maximum Gasteiger partial charge on any atom is 0.341 e. The van der Waals surface area contributed by atoms with Gasteiger partial charge in [-0.1, -0.05) is 23.7 Å². The summed E-state index contributed by atoms with van der Waals surface area (Å²) in [6, 6.07) is 6.50. The minimum atomic E-state index is -0.679. The summed E-state index contributed by atoms with van der Waals surface area (Å²) in [5.41, 5.74) is 6.07. The Kier molecular flexibility index (Phi) is 5.58. The van der Waals surface area contributed by atoms with Crippen LogP contribution < -0.4 is 11.1 Å². The van der Waals surface area contributed by atoms with E-state index in [1.165, 1.54) is 0 Å². The molecular weight excluding hydrogens is 352 g/mol. The minimum absolute atomic E-state index is 0.121. The number of primary amides is 1. The van der Waals surface area contributed by atoms with E-state index in [1.807, 2.05) is 0 Å². The van der Waals surface area contributed by atoms with Crippen molar-refractivity contribution in [3.8, 4) is 0 Å². The molecule has 126 valence electrons. The summed E-state index contributed by atoms with van der Waals surface area (Å²) in [4.78, 5) is 36.3. The highest BCUT2D eigenvalue weighted by molar-refractivity contribution is 7.18. The lowest BCUT2D eigenvalue weighted by molar-refractivity contribution is 0.0527. The third-order valence-electron chi connectivity index (χ3n) is 3.20. The summed E-state index contributed by atoms with van der Waals surface area (Å²) in [5, 5.41) is 3.08. The fourth-order valence-electron chi connectivity index (χ4n) is 2.10. The van der Waals surface area contributed by atoms with E-state index < -0.39 is 17.8 Å². The second-order valence-corrected chi connectivity index (χ2v) is 6.21. The Morgan fingerprint density at radius 3 is 2.54 bits per heavy atom. The van der Waals surface area contributed by atoms with E-state index in [4.69, 9.17) is 22.1 Å². The predicted molar refractivity (Wildman–Crippen MR) is 92.9 cm³/mol. The number of benzene rings is 1. The lowest BCUT2D eigenvalue weighted by Crippen LogP contribution is -2.15. The number of hydrogen-bond donors (Lipinski definition) is 2. The van der Waals surface area contributed by atoms with E-state index in [9.17, 15) is 14.4 Å². The number of hydrogen-bond acceptors (Lipinski definition) is 5. The van der Waals surface area contributed by atoms with E-state index in [0.717, 1.165) is 11.3 Å². The van der Waals surface area contributed by atoms with Crippen LogP contribution in [0.4, 0.5) is 5.00 Å². The number of esters is 1. The van der Waals surface area contributed by atoms with Gasteiger partial charge in [0, 0.05) is 0 Å². The van der Waals surface area contributed by atoms with Gasteiger partial charge in [-0.3, -0.25) is 9.59 Å². The van der Waals surface area contributed by atoms with E-state index in [-0.39, 0.29) is 32.6 Å². The quantitative estimate of drug-likeness (QED) is 0.793. The minimum Gasteiger partial charge on any atom is -0.462 e. The molecular formula is C16H15ClN2O4S. The molecule has 0 atom stereocenters. The fraction of sp³-hybridized carbons (Fsp3) is 0.188. The highest BCUT2D eigenvalue weighted by Gasteiger charge is 2.26. The van der Waals surface area contributed by atoms with Crippen molar-refractivity contribution in [2.45, 2.75) is 13.8 Å². The van der Waals surface area contributed by atoms with E-state index in [0.29, 0.717) is 5.56 Å². The molecule has 0 bridgehead atoms. The Morgan fingerprint density at radius 1 is 1.29 bits per heavy atom. The van der Waals surface area contributed by atoms with Crippen LogP contribution in [0, 0.1) is 6.92 Å². The summed E-state index contributed by atoms with van der Waals surface area (Å²) in [6.07, 6.45) is 0. The van der Waals surface area contributed by atoms with Gasteiger partial charge in [0.2, 0.25) is 0 Å². The summed E-state index contributed by atoms with van der Waals surface area (Å²) in [5.74, 6) is -1.81. The number of carbonyl (C=O) groups is 3. The van der Waals surface area contributed by atoms with Crippen molar-refractivity contribution in [3.63, 3.8) is 0 Å². The number of rotatable bonds is 5. The van der Waals surface area contributed by atoms with Gasteiger partial charge < -0.3 is 15.8 Å². The first-order chi connectivity index (χ1) is 11.4. The lowest BCUT2D eigenvalue weighted by Gasteiger charge is -2.08. The highest BCUT2D eigenvalue weighted by Crippen LogP contribution is 2.34. The first kappa shape index (κ1) is 18.0. The molecule has 3 N–H and O–H groups in total. The van der Waals surface area contributed by atoms with Gasteiger partial charge in [-0.05, 0) is 31.5 Å². The number of thiophene rings is 1. The molecule has 1 aromatic heterocycles. The van der Waals surface area contributed by atoms with Crippen LogP contribution in [0.3, 0.4) is 0 Å². The van der Waals surface area contributed by atoms with Gasteiger partial charge in [0.05, 0.1) is 27.6 Å².